The molecule has 1 fully saturated rings. The summed E-state index contributed by atoms with van der Waals surface area (Å²) in [6, 6.07) is 12.9. The molecule has 2 aromatic carbocycles. The molecule has 0 atom stereocenters. The highest BCUT2D eigenvalue weighted by atomic mass is 32.2. The molecule has 1 aromatic heterocycles. The lowest BCUT2D eigenvalue weighted by Crippen LogP contribution is -2.27. The molecule has 3 amide bonds. The third-order valence-electron chi connectivity index (χ3n) is 5.27. The first kappa shape index (κ1) is 20.2. The number of para-hydroxylation sites is 1. The van der Waals surface area contributed by atoms with Crippen LogP contribution in [0.2, 0.25) is 0 Å². The lowest BCUT2D eigenvalue weighted by Gasteiger charge is -2.08. The third-order valence-corrected chi connectivity index (χ3v) is 6.17. The third kappa shape index (κ3) is 3.60. The van der Waals surface area contributed by atoms with Gasteiger partial charge in [0.15, 0.2) is 11.5 Å². The summed E-state index contributed by atoms with van der Waals surface area (Å²) in [6.45, 7) is 2.36. The molecule has 0 bridgehead atoms. The van der Waals surface area contributed by atoms with E-state index in [1.165, 1.54) is 4.90 Å². The first-order valence-corrected chi connectivity index (χ1v) is 10.9. The maximum atomic E-state index is 12.7. The molecule has 0 aliphatic carbocycles. The van der Waals surface area contributed by atoms with Crippen LogP contribution in [-0.2, 0) is 16.1 Å². The van der Waals surface area contributed by atoms with Crippen LogP contribution in [0.1, 0.15) is 12.5 Å². The molecule has 1 saturated heterocycles. The van der Waals surface area contributed by atoms with Crippen molar-refractivity contribution in [3.8, 4) is 11.5 Å². The van der Waals surface area contributed by atoms with Crippen LogP contribution in [0.3, 0.4) is 0 Å². The predicted octanol–water partition coefficient (Wildman–Crippen LogP) is 4.06. The maximum absolute atomic E-state index is 12.7. The van der Waals surface area contributed by atoms with Crippen molar-refractivity contribution in [1.29, 1.82) is 0 Å². The number of nitrogens with one attached hydrogen (secondary N) is 1. The zero-order valence-corrected chi connectivity index (χ0v) is 18.0. The number of benzene rings is 2. The number of ether oxygens (including phenoxy) is 2. The Kier molecular flexibility index (Phi) is 5.10. The molecule has 1 N–H and O–H groups in total. The molecule has 2 aliphatic rings. The fourth-order valence-corrected chi connectivity index (χ4v) is 4.66. The lowest BCUT2D eigenvalue weighted by molar-refractivity contribution is -0.122. The van der Waals surface area contributed by atoms with E-state index in [0.717, 1.165) is 28.2 Å². The van der Waals surface area contributed by atoms with Crippen LogP contribution >= 0.6 is 11.8 Å². The van der Waals surface area contributed by atoms with Crippen molar-refractivity contribution >= 4 is 51.5 Å². The van der Waals surface area contributed by atoms with Crippen molar-refractivity contribution in [2.24, 2.45) is 0 Å². The SMILES string of the molecule is CCN1C(=O)S/C(=C\c2cn(CC(=O)Nc3ccc4c(c3)OCO4)c3ccccc23)C1=O. The van der Waals surface area contributed by atoms with E-state index < -0.39 is 0 Å². The van der Waals surface area contributed by atoms with Crippen LogP contribution in [0, 0.1) is 0 Å². The molecule has 2 aliphatic heterocycles. The van der Waals surface area contributed by atoms with Gasteiger partial charge in [-0.15, -0.1) is 0 Å². The predicted molar refractivity (Wildman–Crippen MR) is 121 cm³/mol. The zero-order valence-electron chi connectivity index (χ0n) is 17.2. The number of hydrogen-bond acceptors (Lipinski definition) is 6. The topological polar surface area (TPSA) is 89.9 Å². The highest BCUT2D eigenvalue weighted by Crippen LogP contribution is 2.35. The van der Waals surface area contributed by atoms with Crippen LogP contribution in [0.25, 0.3) is 17.0 Å². The summed E-state index contributed by atoms with van der Waals surface area (Å²) < 4.78 is 12.5. The van der Waals surface area contributed by atoms with E-state index in [1.54, 1.807) is 31.2 Å². The Balaban J connectivity index is 1.40. The van der Waals surface area contributed by atoms with E-state index in [1.807, 2.05) is 35.0 Å². The second-order valence-corrected chi connectivity index (χ2v) is 8.26. The number of nitrogens with zero attached hydrogens (tertiary/aromatic N) is 2. The number of carbonyl (C=O) groups excluding carboxylic acids is 3. The van der Waals surface area contributed by atoms with Crippen molar-refractivity contribution in [2.45, 2.75) is 13.5 Å². The highest BCUT2D eigenvalue weighted by Gasteiger charge is 2.33. The summed E-state index contributed by atoms with van der Waals surface area (Å²) in [7, 11) is 0. The number of thioether (sulfide) groups is 1. The molecule has 0 saturated carbocycles. The van der Waals surface area contributed by atoms with Gasteiger partial charge in [-0.3, -0.25) is 19.3 Å². The minimum Gasteiger partial charge on any atom is -0.454 e. The summed E-state index contributed by atoms with van der Waals surface area (Å²) in [4.78, 5) is 38.8. The van der Waals surface area contributed by atoms with Gasteiger partial charge in [-0.2, -0.15) is 0 Å². The monoisotopic (exact) mass is 449 g/mol. The van der Waals surface area contributed by atoms with Gasteiger partial charge in [-0.25, -0.2) is 0 Å². The number of aromatic nitrogens is 1. The number of hydrogen-bond donors (Lipinski definition) is 1. The Morgan fingerprint density at radius 3 is 2.78 bits per heavy atom. The van der Waals surface area contributed by atoms with Gasteiger partial charge < -0.3 is 19.4 Å². The van der Waals surface area contributed by atoms with Crippen LogP contribution in [-0.4, -0.2) is 39.9 Å². The van der Waals surface area contributed by atoms with Gasteiger partial charge in [0.1, 0.15) is 6.54 Å². The second-order valence-electron chi connectivity index (χ2n) is 7.27. The van der Waals surface area contributed by atoms with Crippen LogP contribution in [0.4, 0.5) is 10.5 Å². The average molecular weight is 449 g/mol. The normalized spacial score (nSPS) is 16.4. The van der Waals surface area contributed by atoms with Crippen LogP contribution < -0.4 is 14.8 Å². The number of anilines is 1. The Bertz CT molecular complexity index is 1300. The molecule has 8 nitrogen and oxygen atoms in total. The van der Waals surface area contributed by atoms with Crippen LogP contribution in [0.15, 0.2) is 53.6 Å². The van der Waals surface area contributed by atoms with Crippen molar-refractivity contribution in [1.82, 2.24) is 9.47 Å². The van der Waals surface area contributed by atoms with E-state index >= 15 is 0 Å². The molecule has 0 unspecified atom stereocenters. The molecule has 9 heteroatoms. The van der Waals surface area contributed by atoms with Crippen molar-refractivity contribution < 1.29 is 23.9 Å². The Hall–Kier alpha value is -3.72. The van der Waals surface area contributed by atoms with Gasteiger partial charge in [0, 0.05) is 41.0 Å². The van der Waals surface area contributed by atoms with E-state index in [9.17, 15) is 14.4 Å². The number of likely N-dealkylation sites (N-methyl/N-ethyl adjacent to an activating group) is 1. The number of carbonyl (C=O) groups is 3. The number of rotatable bonds is 5. The largest absolute Gasteiger partial charge is 0.454 e. The molecular weight excluding hydrogens is 430 g/mol. The Morgan fingerprint density at radius 2 is 1.97 bits per heavy atom. The van der Waals surface area contributed by atoms with Crippen molar-refractivity contribution in [3.63, 3.8) is 0 Å². The molecule has 3 heterocycles. The standard InChI is InChI=1S/C23H19N3O5S/c1-2-26-22(28)20(32-23(26)29)9-14-11-25(17-6-4-3-5-16(14)17)12-21(27)24-15-7-8-18-19(10-15)31-13-30-18/h3-11H,2,12-13H2,1H3,(H,24,27)/b20-9-. The molecule has 162 valence electrons. The smallest absolute Gasteiger partial charge is 0.293 e. The highest BCUT2D eigenvalue weighted by molar-refractivity contribution is 8.18. The van der Waals surface area contributed by atoms with E-state index in [0.29, 0.717) is 28.6 Å². The minimum absolute atomic E-state index is 0.0826. The molecule has 32 heavy (non-hydrogen) atoms. The summed E-state index contributed by atoms with van der Waals surface area (Å²) in [6.07, 6.45) is 3.54. The Labute approximate surface area is 187 Å². The first-order chi connectivity index (χ1) is 15.5. The van der Waals surface area contributed by atoms with Crippen molar-refractivity contribution in [3.05, 3.63) is 59.1 Å². The summed E-state index contributed by atoms with van der Waals surface area (Å²) in [5.74, 6) is 0.747. The molecule has 5 rings (SSSR count). The molecule has 0 spiro atoms. The van der Waals surface area contributed by atoms with Gasteiger partial charge in [-0.1, -0.05) is 18.2 Å². The number of fused-ring (bicyclic) bond motifs is 2. The lowest BCUT2D eigenvalue weighted by atomic mass is 10.1. The number of amides is 3. The zero-order chi connectivity index (χ0) is 22.2. The molecular formula is C23H19N3O5S. The Morgan fingerprint density at radius 1 is 1.16 bits per heavy atom. The van der Waals surface area contributed by atoms with E-state index in [4.69, 9.17) is 9.47 Å². The first-order valence-electron chi connectivity index (χ1n) is 10.1. The van der Waals surface area contributed by atoms with Gasteiger partial charge >= 0.3 is 0 Å². The van der Waals surface area contributed by atoms with Gasteiger partial charge in [0.2, 0.25) is 12.7 Å². The fourth-order valence-electron chi connectivity index (χ4n) is 3.76. The van der Waals surface area contributed by atoms with Crippen molar-refractivity contribution in [2.75, 3.05) is 18.7 Å². The second kappa shape index (κ2) is 8.08. The molecule has 3 aromatic rings. The number of imide groups is 1. The van der Waals surface area contributed by atoms with Gasteiger partial charge in [0.25, 0.3) is 11.1 Å². The summed E-state index contributed by atoms with van der Waals surface area (Å²) in [5, 5.41) is 3.50. The summed E-state index contributed by atoms with van der Waals surface area (Å²) >= 11 is 0.932. The van der Waals surface area contributed by atoms with Gasteiger partial charge in [0.05, 0.1) is 4.91 Å². The quantitative estimate of drug-likeness (QED) is 0.591. The van der Waals surface area contributed by atoms with Crippen LogP contribution in [0.5, 0.6) is 11.5 Å². The minimum atomic E-state index is -0.292. The van der Waals surface area contributed by atoms with Gasteiger partial charge in [-0.05, 0) is 43.0 Å². The molecule has 0 radical (unpaired) electrons. The maximum Gasteiger partial charge on any atom is 0.293 e. The summed E-state index contributed by atoms with van der Waals surface area (Å²) in [5.41, 5.74) is 2.25. The van der Waals surface area contributed by atoms with E-state index in [2.05, 4.69) is 5.32 Å². The van der Waals surface area contributed by atoms with E-state index in [-0.39, 0.29) is 30.4 Å². The average Bonchev–Trinajstić information content (AvgIpc) is 3.45. The fraction of sp³-hybridized carbons (Fsp3) is 0.174.